The third-order valence-corrected chi connectivity index (χ3v) is 6.02. The summed E-state index contributed by atoms with van der Waals surface area (Å²) in [6.07, 6.45) is 3.64. The van der Waals surface area contributed by atoms with Gasteiger partial charge in [-0.1, -0.05) is 6.07 Å². The lowest BCUT2D eigenvalue weighted by Crippen LogP contribution is -2.36. The van der Waals surface area contributed by atoms with Crippen molar-refractivity contribution in [3.63, 3.8) is 0 Å². The topological polar surface area (TPSA) is 67.4 Å². The van der Waals surface area contributed by atoms with Crippen LogP contribution >= 0.6 is 0 Å². The lowest BCUT2D eigenvalue weighted by atomic mass is 10.1. The summed E-state index contributed by atoms with van der Waals surface area (Å²) in [5.74, 6) is 0.381. The molecule has 1 aliphatic rings. The molecule has 1 aliphatic carbocycles. The van der Waals surface area contributed by atoms with Gasteiger partial charge in [-0.2, -0.15) is 0 Å². The zero-order valence-corrected chi connectivity index (χ0v) is 17.7. The van der Waals surface area contributed by atoms with Crippen molar-refractivity contribution >= 4 is 10.0 Å². The average molecular weight is 401 g/mol. The molecule has 1 aromatic rings. The average Bonchev–Trinajstić information content (AvgIpc) is 3.36. The van der Waals surface area contributed by atoms with Crippen LogP contribution in [0.15, 0.2) is 18.2 Å². The van der Waals surface area contributed by atoms with Gasteiger partial charge in [0.2, 0.25) is 10.0 Å². The summed E-state index contributed by atoms with van der Waals surface area (Å²) in [4.78, 5) is 0. The Morgan fingerprint density at radius 2 is 1.96 bits per heavy atom. The molecule has 27 heavy (non-hydrogen) atoms. The van der Waals surface area contributed by atoms with Crippen LogP contribution in [0.4, 0.5) is 4.39 Å². The molecule has 0 bridgehead atoms. The highest BCUT2D eigenvalue weighted by atomic mass is 32.2. The van der Waals surface area contributed by atoms with Crippen LogP contribution in [0.3, 0.4) is 0 Å². The number of hydrogen-bond acceptors (Lipinski definition) is 4. The van der Waals surface area contributed by atoms with Gasteiger partial charge in [0, 0.05) is 11.6 Å². The number of nitrogens with one attached hydrogen (secondary N) is 2. The van der Waals surface area contributed by atoms with Crippen molar-refractivity contribution in [2.75, 3.05) is 18.9 Å². The Morgan fingerprint density at radius 3 is 2.59 bits per heavy atom. The maximum Gasteiger partial charge on any atom is 0.212 e. The monoisotopic (exact) mass is 400 g/mol. The Kier molecular flexibility index (Phi) is 7.65. The van der Waals surface area contributed by atoms with Crippen molar-refractivity contribution in [2.24, 2.45) is 5.92 Å². The molecule has 2 rings (SSSR count). The van der Waals surface area contributed by atoms with E-state index in [0.29, 0.717) is 24.5 Å². The largest absolute Gasteiger partial charge is 0.490 e. The number of ether oxygens (including phenoxy) is 1. The first-order chi connectivity index (χ1) is 12.6. The van der Waals surface area contributed by atoms with E-state index in [1.54, 1.807) is 19.1 Å². The quantitative estimate of drug-likeness (QED) is 0.555. The summed E-state index contributed by atoms with van der Waals surface area (Å²) in [5.41, 5.74) is 0.730. The van der Waals surface area contributed by atoms with E-state index in [1.165, 1.54) is 6.07 Å². The predicted octanol–water partition coefficient (Wildman–Crippen LogP) is 3.76. The van der Waals surface area contributed by atoms with E-state index in [4.69, 9.17) is 4.74 Å². The van der Waals surface area contributed by atoms with Crippen LogP contribution in [-0.4, -0.2) is 32.9 Å². The smallest absolute Gasteiger partial charge is 0.212 e. The molecule has 1 fully saturated rings. The summed E-state index contributed by atoms with van der Waals surface area (Å²) in [7, 11) is -3.40. The van der Waals surface area contributed by atoms with Gasteiger partial charge in [0.05, 0.1) is 12.4 Å². The van der Waals surface area contributed by atoms with Crippen LogP contribution in [0.2, 0.25) is 0 Å². The molecule has 5 nitrogen and oxygen atoms in total. The van der Waals surface area contributed by atoms with E-state index in [-0.39, 0.29) is 17.0 Å². The summed E-state index contributed by atoms with van der Waals surface area (Å²) < 4.78 is 46.7. The third kappa shape index (κ3) is 8.58. The molecular formula is C20H33FN2O3S. The van der Waals surface area contributed by atoms with Gasteiger partial charge in [-0.15, -0.1) is 0 Å². The maximum absolute atomic E-state index is 13.9. The fraction of sp³-hybridized carbons (Fsp3) is 0.700. The van der Waals surface area contributed by atoms with Gasteiger partial charge in [0.15, 0.2) is 11.6 Å². The molecule has 7 heteroatoms. The minimum Gasteiger partial charge on any atom is -0.490 e. The van der Waals surface area contributed by atoms with Crippen molar-refractivity contribution in [3.05, 3.63) is 29.6 Å². The molecule has 0 aliphatic heterocycles. The lowest BCUT2D eigenvalue weighted by molar-refractivity contribution is 0.285. The van der Waals surface area contributed by atoms with E-state index in [2.05, 4.69) is 30.8 Å². The first-order valence-corrected chi connectivity index (χ1v) is 11.4. The number of rotatable bonds is 11. The molecule has 0 heterocycles. The third-order valence-electron chi connectivity index (χ3n) is 4.48. The molecule has 0 amide bonds. The molecule has 0 spiro atoms. The molecule has 0 aromatic heterocycles. The van der Waals surface area contributed by atoms with Gasteiger partial charge in [-0.3, -0.25) is 0 Å². The van der Waals surface area contributed by atoms with Crippen LogP contribution in [0.25, 0.3) is 0 Å². The van der Waals surface area contributed by atoms with Crippen LogP contribution < -0.4 is 14.8 Å². The molecule has 0 radical (unpaired) electrons. The van der Waals surface area contributed by atoms with Gasteiger partial charge in [-0.25, -0.2) is 17.5 Å². The Labute approximate surface area is 163 Å². The summed E-state index contributed by atoms with van der Waals surface area (Å²) in [6.45, 7) is 9.31. The van der Waals surface area contributed by atoms with E-state index in [0.717, 1.165) is 25.8 Å². The predicted molar refractivity (Wildman–Crippen MR) is 107 cm³/mol. The van der Waals surface area contributed by atoms with Crippen LogP contribution in [0, 0.1) is 11.7 Å². The van der Waals surface area contributed by atoms with E-state index < -0.39 is 21.9 Å². The van der Waals surface area contributed by atoms with Crippen molar-refractivity contribution in [1.29, 1.82) is 0 Å². The molecule has 154 valence electrons. The molecule has 2 N–H and O–H groups in total. The second-order valence-corrected chi connectivity index (χ2v) is 10.4. The number of hydrogen-bond donors (Lipinski definition) is 2. The van der Waals surface area contributed by atoms with E-state index in [9.17, 15) is 12.8 Å². The minimum atomic E-state index is -3.40. The van der Waals surface area contributed by atoms with Crippen molar-refractivity contribution in [1.82, 2.24) is 10.0 Å². The zero-order valence-electron chi connectivity index (χ0n) is 16.8. The second-order valence-electron chi connectivity index (χ2n) is 8.49. The van der Waals surface area contributed by atoms with Crippen molar-refractivity contribution < 1.29 is 17.5 Å². The number of sulfonamides is 1. The first kappa shape index (κ1) is 22.1. The SMILES string of the molecule is C[C@H](NS(=O)(=O)CCCCNC(C)(C)C)c1ccc(F)c(OCC2CC2)c1. The standard InChI is InChI=1S/C20H33FN2O3S/c1-15(23-27(24,25)12-6-5-11-22-20(2,3)4)17-9-10-18(21)19(13-17)26-14-16-7-8-16/h9-10,13,15-16,22-23H,5-8,11-12,14H2,1-4H3/t15-/m0/s1. The highest BCUT2D eigenvalue weighted by Crippen LogP contribution is 2.31. The van der Waals surface area contributed by atoms with E-state index >= 15 is 0 Å². The first-order valence-electron chi connectivity index (χ1n) is 9.73. The molecule has 1 aromatic carbocycles. The number of halogens is 1. The van der Waals surface area contributed by atoms with Crippen LogP contribution in [0.1, 0.15) is 65.0 Å². The van der Waals surface area contributed by atoms with Crippen LogP contribution in [-0.2, 0) is 10.0 Å². The van der Waals surface area contributed by atoms with Gasteiger partial charge >= 0.3 is 0 Å². The summed E-state index contributed by atoms with van der Waals surface area (Å²) in [6, 6.07) is 4.09. The number of unbranched alkanes of at least 4 members (excludes halogenated alkanes) is 1. The molecule has 0 unspecified atom stereocenters. The summed E-state index contributed by atoms with van der Waals surface area (Å²) >= 11 is 0. The van der Waals surface area contributed by atoms with Gasteiger partial charge in [-0.05, 0) is 83.5 Å². The van der Waals surface area contributed by atoms with Gasteiger partial charge < -0.3 is 10.1 Å². The number of benzene rings is 1. The Balaban J connectivity index is 1.83. The molecular weight excluding hydrogens is 367 g/mol. The van der Waals surface area contributed by atoms with Crippen LogP contribution in [0.5, 0.6) is 5.75 Å². The lowest BCUT2D eigenvalue weighted by Gasteiger charge is -2.20. The van der Waals surface area contributed by atoms with Gasteiger partial charge in [0.1, 0.15) is 0 Å². The second kappa shape index (κ2) is 9.34. The fourth-order valence-electron chi connectivity index (χ4n) is 2.67. The Hall–Kier alpha value is -1.18. The highest BCUT2D eigenvalue weighted by molar-refractivity contribution is 7.89. The minimum absolute atomic E-state index is 0.0352. The molecule has 1 saturated carbocycles. The normalized spacial score (nSPS) is 16.3. The fourth-order valence-corrected chi connectivity index (χ4v) is 4.05. The molecule has 0 saturated heterocycles. The summed E-state index contributed by atoms with van der Waals surface area (Å²) in [5, 5.41) is 3.35. The Morgan fingerprint density at radius 1 is 1.26 bits per heavy atom. The maximum atomic E-state index is 13.9. The van der Waals surface area contributed by atoms with Gasteiger partial charge in [0.25, 0.3) is 0 Å². The van der Waals surface area contributed by atoms with Crippen molar-refractivity contribution in [2.45, 2.75) is 65.0 Å². The Bertz CT molecular complexity index is 712. The molecule has 1 atom stereocenters. The zero-order chi connectivity index (χ0) is 20.1. The van der Waals surface area contributed by atoms with E-state index in [1.807, 2.05) is 0 Å². The van der Waals surface area contributed by atoms with Crippen molar-refractivity contribution in [3.8, 4) is 5.75 Å². The highest BCUT2D eigenvalue weighted by Gasteiger charge is 2.23.